The minimum absolute atomic E-state index is 0.140. The number of benzene rings is 1. The van der Waals surface area contributed by atoms with Gasteiger partial charge in [0.15, 0.2) is 0 Å². The summed E-state index contributed by atoms with van der Waals surface area (Å²) < 4.78 is 17.0. The average molecular weight is 188 g/mol. The normalized spacial score (nSPS) is 7.36. The molecule has 0 atom stereocenters. The summed E-state index contributed by atoms with van der Waals surface area (Å²) in [6, 6.07) is 9.52. The van der Waals surface area contributed by atoms with Crippen LogP contribution in [0.1, 0.15) is 5.56 Å². The van der Waals surface area contributed by atoms with E-state index in [-0.39, 0.29) is 6.61 Å². The van der Waals surface area contributed by atoms with Crippen LogP contribution in [0.25, 0.3) is 0 Å². The predicted octanol–water partition coefficient (Wildman–Crippen LogP) is 0.939. The molecule has 0 saturated carbocycles. The Morgan fingerprint density at radius 2 is 1.64 bits per heavy atom. The quantitative estimate of drug-likeness (QED) is 0.667. The standard InChI is InChI=1S/C7H8O.2O.Ti/c8-6-7-4-2-1-3-5-7;;;/h1-5,8H,6H2;;;. The fourth-order valence-electron chi connectivity index (χ4n) is 0.583. The first kappa shape index (κ1) is 10.5. The third kappa shape index (κ3) is 5.92. The van der Waals surface area contributed by atoms with Crippen molar-refractivity contribution in [1.82, 2.24) is 0 Å². The van der Waals surface area contributed by atoms with Gasteiger partial charge in [-0.3, -0.25) is 0 Å². The van der Waals surface area contributed by atoms with Crippen molar-refractivity contribution in [3.8, 4) is 0 Å². The Hall–Kier alpha value is -0.506. The van der Waals surface area contributed by atoms with Gasteiger partial charge < -0.3 is 5.11 Å². The van der Waals surface area contributed by atoms with Crippen LogP contribution >= 0.6 is 0 Å². The van der Waals surface area contributed by atoms with Gasteiger partial charge in [-0.1, -0.05) is 30.3 Å². The van der Waals surface area contributed by atoms with Crippen molar-refractivity contribution in [2.24, 2.45) is 0 Å². The van der Waals surface area contributed by atoms with Crippen LogP contribution in [0.15, 0.2) is 30.3 Å². The number of rotatable bonds is 1. The first-order valence-corrected chi connectivity index (χ1v) is 4.26. The van der Waals surface area contributed by atoms with Gasteiger partial charge in [0.25, 0.3) is 0 Å². The van der Waals surface area contributed by atoms with Crippen LogP contribution in [-0.4, -0.2) is 5.11 Å². The van der Waals surface area contributed by atoms with Crippen molar-refractivity contribution in [2.45, 2.75) is 6.61 Å². The van der Waals surface area contributed by atoms with E-state index in [1.165, 1.54) is 0 Å². The van der Waals surface area contributed by atoms with Crippen LogP contribution < -0.4 is 0 Å². The Balaban J connectivity index is 0.000000292. The summed E-state index contributed by atoms with van der Waals surface area (Å²) in [7, 11) is 0. The molecule has 4 heteroatoms. The number of aliphatic hydroxyl groups excluding tert-OH is 1. The molecular formula is C7H8O3Ti. The molecule has 0 radical (unpaired) electrons. The molecule has 58 valence electrons. The molecule has 0 aliphatic heterocycles. The van der Waals surface area contributed by atoms with Crippen LogP contribution in [0.4, 0.5) is 0 Å². The maximum atomic E-state index is 8.54. The van der Waals surface area contributed by atoms with Gasteiger partial charge in [0.2, 0.25) is 0 Å². The van der Waals surface area contributed by atoms with Gasteiger partial charge in [-0.05, 0) is 5.56 Å². The summed E-state index contributed by atoms with van der Waals surface area (Å²) >= 11 is -2.00. The van der Waals surface area contributed by atoms with E-state index in [9.17, 15) is 0 Å². The second-order valence-electron chi connectivity index (χ2n) is 1.73. The van der Waals surface area contributed by atoms with Gasteiger partial charge in [-0.15, -0.1) is 0 Å². The average Bonchev–Trinajstić information content (AvgIpc) is 2.08. The molecule has 1 aromatic carbocycles. The van der Waals surface area contributed by atoms with E-state index in [0.717, 1.165) is 5.56 Å². The third-order valence-corrected chi connectivity index (χ3v) is 1.03. The predicted molar refractivity (Wildman–Crippen MR) is 33.7 cm³/mol. The monoisotopic (exact) mass is 188 g/mol. The Morgan fingerprint density at radius 1 is 1.18 bits per heavy atom. The Labute approximate surface area is 73.6 Å². The number of hydrogen-bond acceptors (Lipinski definition) is 3. The first-order chi connectivity index (χ1) is 5.35. The van der Waals surface area contributed by atoms with E-state index in [1.54, 1.807) is 0 Å². The van der Waals surface area contributed by atoms with Crippen LogP contribution in [0.5, 0.6) is 0 Å². The first-order valence-electron chi connectivity index (χ1n) is 2.99. The van der Waals surface area contributed by atoms with Gasteiger partial charge in [0.1, 0.15) is 0 Å². The summed E-state index contributed by atoms with van der Waals surface area (Å²) in [6.07, 6.45) is 0. The topological polar surface area (TPSA) is 54.4 Å². The van der Waals surface area contributed by atoms with Crippen molar-refractivity contribution < 1.29 is 30.8 Å². The molecule has 3 nitrogen and oxygen atoms in total. The fourth-order valence-corrected chi connectivity index (χ4v) is 0.583. The molecule has 0 aliphatic rings. The molecule has 11 heavy (non-hydrogen) atoms. The van der Waals surface area contributed by atoms with E-state index in [1.807, 2.05) is 30.3 Å². The molecule has 0 aliphatic carbocycles. The van der Waals surface area contributed by atoms with Gasteiger partial charge in [0.05, 0.1) is 6.61 Å². The SMILES string of the molecule is OCc1ccccc1.[O]=[Ti]=[O]. The van der Waals surface area contributed by atoms with E-state index in [4.69, 9.17) is 11.8 Å². The third-order valence-electron chi connectivity index (χ3n) is 1.03. The zero-order valence-electron chi connectivity index (χ0n) is 5.86. The molecule has 1 aromatic rings. The van der Waals surface area contributed by atoms with Crippen LogP contribution in [-0.2, 0) is 32.3 Å². The summed E-state index contributed by atoms with van der Waals surface area (Å²) in [4.78, 5) is 0. The van der Waals surface area contributed by atoms with Crippen LogP contribution in [0.2, 0.25) is 0 Å². The summed E-state index contributed by atoms with van der Waals surface area (Å²) in [5.41, 5.74) is 0.965. The zero-order valence-corrected chi connectivity index (χ0v) is 7.42. The molecule has 0 fully saturated rings. The maximum absolute atomic E-state index is 8.54. The van der Waals surface area contributed by atoms with Crippen LogP contribution in [0, 0.1) is 0 Å². The Morgan fingerprint density at radius 3 is 1.91 bits per heavy atom. The summed E-state index contributed by atoms with van der Waals surface area (Å²) in [5, 5.41) is 8.54. The van der Waals surface area contributed by atoms with Gasteiger partial charge in [0, 0.05) is 0 Å². The van der Waals surface area contributed by atoms with Crippen molar-refractivity contribution >= 4 is 0 Å². The van der Waals surface area contributed by atoms with Crippen molar-refractivity contribution in [2.75, 3.05) is 0 Å². The molecule has 0 saturated heterocycles. The summed E-state index contributed by atoms with van der Waals surface area (Å²) in [6.45, 7) is 0.140. The van der Waals surface area contributed by atoms with Crippen LogP contribution in [0.3, 0.4) is 0 Å². The molecule has 0 spiro atoms. The second-order valence-corrected chi connectivity index (χ2v) is 1.99. The molecule has 0 amide bonds. The van der Waals surface area contributed by atoms with Gasteiger partial charge >= 0.3 is 25.7 Å². The van der Waals surface area contributed by atoms with Crippen molar-refractivity contribution in [3.05, 3.63) is 35.9 Å². The Bertz CT molecular complexity index is 216. The second kappa shape index (κ2) is 7.60. The summed E-state index contributed by atoms with van der Waals surface area (Å²) in [5.74, 6) is 0. The van der Waals surface area contributed by atoms with Crippen molar-refractivity contribution in [1.29, 1.82) is 0 Å². The fraction of sp³-hybridized carbons (Fsp3) is 0.143. The molecule has 0 heterocycles. The van der Waals surface area contributed by atoms with Gasteiger partial charge in [-0.2, -0.15) is 0 Å². The molecule has 1 rings (SSSR count). The van der Waals surface area contributed by atoms with E-state index in [0.29, 0.717) is 0 Å². The minimum atomic E-state index is -2.00. The van der Waals surface area contributed by atoms with Gasteiger partial charge in [-0.25, -0.2) is 0 Å². The molecular weight excluding hydrogens is 180 g/mol. The van der Waals surface area contributed by atoms with E-state index in [2.05, 4.69) is 0 Å². The molecule has 0 aromatic heterocycles. The van der Waals surface area contributed by atoms with Crippen molar-refractivity contribution in [3.63, 3.8) is 0 Å². The zero-order chi connectivity index (χ0) is 8.53. The molecule has 0 bridgehead atoms. The molecule has 0 unspecified atom stereocenters. The molecule has 1 N–H and O–H groups in total. The van der Waals surface area contributed by atoms with E-state index >= 15 is 0 Å². The number of hydrogen-bond donors (Lipinski definition) is 1. The van der Waals surface area contributed by atoms with E-state index < -0.39 is 19.1 Å². The number of aliphatic hydroxyl groups is 1. The Kier molecular flexibility index (Phi) is 7.25.